The highest BCUT2D eigenvalue weighted by molar-refractivity contribution is 7.80. The van der Waals surface area contributed by atoms with Gasteiger partial charge in [-0.05, 0) is 23.6 Å². The van der Waals surface area contributed by atoms with Crippen LogP contribution in [0.2, 0.25) is 0 Å². The smallest absolute Gasteiger partial charge is 0.269 e. The summed E-state index contributed by atoms with van der Waals surface area (Å²) in [5.41, 5.74) is 6.91. The molecule has 3 N–H and O–H groups in total. The van der Waals surface area contributed by atoms with Crippen molar-refractivity contribution in [3.05, 3.63) is 46.2 Å². The van der Waals surface area contributed by atoms with Gasteiger partial charge >= 0.3 is 0 Å². The van der Waals surface area contributed by atoms with Gasteiger partial charge in [0.25, 0.3) is 5.91 Å². The molecular weight excluding hydrogens is 280 g/mol. The van der Waals surface area contributed by atoms with Gasteiger partial charge in [-0.3, -0.25) is 4.79 Å². The van der Waals surface area contributed by atoms with Gasteiger partial charge in [0.1, 0.15) is 15.6 Å². The molecule has 0 spiro atoms. The summed E-state index contributed by atoms with van der Waals surface area (Å²) in [4.78, 5) is 12.9. The van der Waals surface area contributed by atoms with E-state index >= 15 is 0 Å². The van der Waals surface area contributed by atoms with Gasteiger partial charge in [0.15, 0.2) is 0 Å². The Kier molecular flexibility index (Phi) is 4.13. The zero-order valence-corrected chi connectivity index (χ0v) is 11.8. The van der Waals surface area contributed by atoms with Gasteiger partial charge in [-0.25, -0.2) is 0 Å². The molecule has 0 saturated carbocycles. The van der Waals surface area contributed by atoms with Crippen LogP contribution in [0.4, 0.5) is 5.69 Å². The van der Waals surface area contributed by atoms with E-state index in [4.69, 9.17) is 22.7 Å². The summed E-state index contributed by atoms with van der Waals surface area (Å²) in [7, 11) is 1.53. The van der Waals surface area contributed by atoms with Crippen LogP contribution in [0.3, 0.4) is 0 Å². The van der Waals surface area contributed by atoms with Crippen LogP contribution in [0, 0.1) is 0 Å². The van der Waals surface area contributed by atoms with Crippen LogP contribution in [-0.4, -0.2) is 18.0 Å². The third-order valence-electron chi connectivity index (χ3n) is 2.46. The molecule has 0 bridgehead atoms. The van der Waals surface area contributed by atoms with Crippen LogP contribution >= 0.6 is 23.6 Å². The lowest BCUT2D eigenvalue weighted by Gasteiger charge is -2.07. The lowest BCUT2D eigenvalue weighted by Crippen LogP contribution is -2.13. The Morgan fingerprint density at radius 3 is 2.89 bits per heavy atom. The van der Waals surface area contributed by atoms with Gasteiger partial charge < -0.3 is 15.8 Å². The first-order chi connectivity index (χ1) is 9.11. The average molecular weight is 292 g/mol. The quantitative estimate of drug-likeness (QED) is 0.850. The fourth-order valence-corrected chi connectivity index (χ4v) is 2.44. The molecule has 1 heterocycles. The van der Waals surface area contributed by atoms with E-state index in [2.05, 4.69) is 5.32 Å². The normalized spacial score (nSPS) is 9.95. The van der Waals surface area contributed by atoms with Gasteiger partial charge in [0.05, 0.1) is 7.11 Å². The van der Waals surface area contributed by atoms with Crippen molar-refractivity contribution in [3.8, 4) is 5.75 Å². The minimum Gasteiger partial charge on any atom is -0.495 e. The number of hydrogen-bond acceptors (Lipinski definition) is 4. The van der Waals surface area contributed by atoms with E-state index in [0.29, 0.717) is 26.9 Å². The number of carbonyl (C=O) groups is 1. The Hall–Kier alpha value is -1.92. The van der Waals surface area contributed by atoms with Crippen LogP contribution in [-0.2, 0) is 0 Å². The first-order valence-electron chi connectivity index (χ1n) is 5.44. The maximum Gasteiger partial charge on any atom is 0.269 e. The third kappa shape index (κ3) is 3.10. The fourth-order valence-electron chi connectivity index (χ4n) is 1.56. The highest BCUT2D eigenvalue weighted by atomic mass is 32.1. The van der Waals surface area contributed by atoms with Crippen molar-refractivity contribution in [1.29, 1.82) is 0 Å². The van der Waals surface area contributed by atoms with Crippen molar-refractivity contribution >= 4 is 40.1 Å². The summed E-state index contributed by atoms with van der Waals surface area (Å²) in [6, 6.07) is 8.85. The SMILES string of the molecule is COc1ccsc1C(=O)Nc1cccc(C(N)=S)c1. The van der Waals surface area contributed by atoms with Crippen LogP contribution in [0.15, 0.2) is 35.7 Å². The zero-order valence-electron chi connectivity index (χ0n) is 10.2. The number of carbonyl (C=O) groups excluding carboxylic acids is 1. The van der Waals surface area contributed by atoms with Crippen molar-refractivity contribution in [2.45, 2.75) is 0 Å². The molecule has 0 radical (unpaired) electrons. The van der Waals surface area contributed by atoms with Crippen LogP contribution in [0.25, 0.3) is 0 Å². The van der Waals surface area contributed by atoms with Crippen molar-refractivity contribution < 1.29 is 9.53 Å². The van der Waals surface area contributed by atoms with E-state index in [1.165, 1.54) is 18.4 Å². The van der Waals surface area contributed by atoms with Gasteiger partial charge in [-0.2, -0.15) is 0 Å². The Bertz CT molecular complexity index is 623. The topological polar surface area (TPSA) is 64.3 Å². The molecule has 0 aliphatic carbocycles. The highest BCUT2D eigenvalue weighted by Crippen LogP contribution is 2.25. The highest BCUT2D eigenvalue weighted by Gasteiger charge is 2.14. The maximum absolute atomic E-state index is 12.1. The minimum atomic E-state index is -0.216. The molecule has 0 atom stereocenters. The lowest BCUT2D eigenvalue weighted by molar-refractivity contribution is 0.102. The summed E-state index contributed by atoms with van der Waals surface area (Å²) in [5, 5.41) is 4.60. The monoisotopic (exact) mass is 292 g/mol. The van der Waals surface area contributed by atoms with E-state index in [1.54, 1.807) is 35.7 Å². The number of anilines is 1. The summed E-state index contributed by atoms with van der Waals surface area (Å²) in [6.07, 6.45) is 0. The number of nitrogens with two attached hydrogens (primary N) is 1. The first-order valence-corrected chi connectivity index (χ1v) is 6.73. The average Bonchev–Trinajstić information content (AvgIpc) is 2.87. The lowest BCUT2D eigenvalue weighted by atomic mass is 10.2. The van der Waals surface area contributed by atoms with Crippen LogP contribution in [0.1, 0.15) is 15.2 Å². The summed E-state index contributed by atoms with van der Waals surface area (Å²) < 4.78 is 5.11. The molecule has 6 heteroatoms. The van der Waals surface area contributed by atoms with Crippen molar-refractivity contribution in [1.82, 2.24) is 0 Å². The number of benzene rings is 1. The van der Waals surface area contributed by atoms with E-state index < -0.39 is 0 Å². The number of methoxy groups -OCH3 is 1. The van der Waals surface area contributed by atoms with E-state index in [0.717, 1.165) is 0 Å². The molecule has 0 fully saturated rings. The van der Waals surface area contributed by atoms with Gasteiger partial charge in [-0.1, -0.05) is 24.4 Å². The molecule has 98 valence electrons. The minimum absolute atomic E-state index is 0.216. The second-order valence-electron chi connectivity index (χ2n) is 3.72. The molecule has 19 heavy (non-hydrogen) atoms. The van der Waals surface area contributed by atoms with Gasteiger partial charge in [0.2, 0.25) is 0 Å². The van der Waals surface area contributed by atoms with Crippen molar-refractivity contribution in [2.75, 3.05) is 12.4 Å². The summed E-state index contributed by atoms with van der Waals surface area (Å²) >= 11 is 6.23. The summed E-state index contributed by atoms with van der Waals surface area (Å²) in [5.74, 6) is 0.347. The second-order valence-corrected chi connectivity index (χ2v) is 5.07. The number of thiophene rings is 1. The maximum atomic E-state index is 12.1. The number of nitrogens with one attached hydrogen (secondary N) is 1. The van der Waals surface area contributed by atoms with Gasteiger partial charge in [0, 0.05) is 11.3 Å². The second kappa shape index (κ2) is 5.81. The largest absolute Gasteiger partial charge is 0.495 e. The predicted octanol–water partition coefficient (Wildman–Crippen LogP) is 2.64. The summed E-state index contributed by atoms with van der Waals surface area (Å²) in [6.45, 7) is 0. The molecule has 0 aliphatic rings. The zero-order chi connectivity index (χ0) is 13.8. The van der Waals surface area contributed by atoms with Crippen LogP contribution in [0.5, 0.6) is 5.75 Å². The Morgan fingerprint density at radius 1 is 1.42 bits per heavy atom. The molecule has 1 aromatic carbocycles. The number of amides is 1. The third-order valence-corrected chi connectivity index (χ3v) is 3.59. The van der Waals surface area contributed by atoms with Gasteiger partial charge in [-0.15, -0.1) is 11.3 Å². The van der Waals surface area contributed by atoms with Crippen LogP contribution < -0.4 is 15.8 Å². The standard InChI is InChI=1S/C13H12N2O2S2/c1-17-10-5-6-19-11(10)13(16)15-9-4-2-3-8(7-9)12(14)18/h2-7H,1H3,(H2,14,18)(H,15,16). The van der Waals surface area contributed by atoms with Crippen molar-refractivity contribution in [2.24, 2.45) is 5.73 Å². The number of thiocarbonyl (C=S) groups is 1. The first kappa shape index (κ1) is 13.5. The molecule has 0 aliphatic heterocycles. The number of hydrogen-bond donors (Lipinski definition) is 2. The molecule has 0 unspecified atom stereocenters. The number of rotatable bonds is 4. The molecule has 2 rings (SSSR count). The van der Waals surface area contributed by atoms with E-state index in [-0.39, 0.29) is 5.91 Å². The van der Waals surface area contributed by atoms with Crippen molar-refractivity contribution in [3.63, 3.8) is 0 Å². The number of ether oxygens (including phenoxy) is 1. The Morgan fingerprint density at radius 2 is 2.21 bits per heavy atom. The molecule has 4 nitrogen and oxygen atoms in total. The van der Waals surface area contributed by atoms with E-state index in [1.807, 2.05) is 0 Å². The van der Waals surface area contributed by atoms with E-state index in [9.17, 15) is 4.79 Å². The Balaban J connectivity index is 2.19. The molecule has 0 saturated heterocycles. The molecule has 2 aromatic rings. The molecule has 1 amide bonds. The molecular formula is C13H12N2O2S2. The molecule has 1 aromatic heterocycles. The predicted molar refractivity (Wildman–Crippen MR) is 81.2 cm³/mol. The fraction of sp³-hybridized carbons (Fsp3) is 0.0769. The Labute approximate surface area is 120 Å².